The van der Waals surface area contributed by atoms with E-state index >= 15 is 0 Å². The SMILES string of the molecule is CCCc1c(Nc2ccc(-n3cncn3)cc2Cl)[nH]cnc1=S. The van der Waals surface area contributed by atoms with Crippen LogP contribution in [0.15, 0.2) is 37.2 Å². The molecule has 0 aliphatic rings. The smallest absolute Gasteiger partial charge is 0.138 e. The van der Waals surface area contributed by atoms with Crippen molar-refractivity contribution < 1.29 is 0 Å². The number of aromatic nitrogens is 5. The molecule has 3 rings (SSSR count). The van der Waals surface area contributed by atoms with E-state index in [0.29, 0.717) is 9.66 Å². The third-order valence-corrected chi connectivity index (χ3v) is 4.01. The number of rotatable bonds is 5. The molecule has 0 saturated carbocycles. The Morgan fingerprint density at radius 1 is 1.39 bits per heavy atom. The minimum absolute atomic E-state index is 0.580. The van der Waals surface area contributed by atoms with Crippen LogP contribution in [0.25, 0.3) is 5.69 Å². The number of halogens is 1. The summed E-state index contributed by atoms with van der Waals surface area (Å²) in [5, 5.41) is 7.97. The molecule has 0 bridgehead atoms. The molecular weight excluding hydrogens is 332 g/mol. The topological polar surface area (TPSA) is 71.4 Å². The van der Waals surface area contributed by atoms with Gasteiger partial charge in [-0.15, -0.1) is 0 Å². The molecule has 3 aromatic rings. The lowest BCUT2D eigenvalue weighted by Crippen LogP contribution is -2.02. The average molecular weight is 347 g/mol. The van der Waals surface area contributed by atoms with Crippen LogP contribution in [0, 0.1) is 4.64 Å². The van der Waals surface area contributed by atoms with Gasteiger partial charge in [-0.25, -0.2) is 14.6 Å². The third-order valence-electron chi connectivity index (χ3n) is 3.35. The maximum absolute atomic E-state index is 6.39. The van der Waals surface area contributed by atoms with Crippen molar-refractivity contribution in [1.29, 1.82) is 0 Å². The summed E-state index contributed by atoms with van der Waals surface area (Å²) in [4.78, 5) is 11.2. The molecule has 8 heteroatoms. The molecule has 2 heterocycles. The second-order valence-electron chi connectivity index (χ2n) is 4.94. The minimum Gasteiger partial charge on any atom is -0.340 e. The van der Waals surface area contributed by atoms with Crippen LogP contribution in [-0.2, 0) is 6.42 Å². The summed E-state index contributed by atoms with van der Waals surface area (Å²) in [6.45, 7) is 2.10. The van der Waals surface area contributed by atoms with E-state index < -0.39 is 0 Å². The van der Waals surface area contributed by atoms with Crippen molar-refractivity contribution in [3.8, 4) is 5.69 Å². The average Bonchev–Trinajstić information content (AvgIpc) is 3.07. The van der Waals surface area contributed by atoms with Gasteiger partial charge in [0.1, 0.15) is 23.1 Å². The predicted octanol–water partition coefficient (Wildman–Crippen LogP) is 4.07. The molecular formula is C15H15ClN6S. The number of aromatic amines is 1. The first-order chi connectivity index (χ1) is 11.2. The lowest BCUT2D eigenvalue weighted by molar-refractivity contribution is 0.879. The van der Waals surface area contributed by atoms with Crippen LogP contribution in [0.5, 0.6) is 0 Å². The maximum Gasteiger partial charge on any atom is 0.138 e. The van der Waals surface area contributed by atoms with Crippen molar-refractivity contribution in [2.75, 3.05) is 5.32 Å². The fourth-order valence-corrected chi connectivity index (χ4v) is 2.72. The molecule has 0 aliphatic heterocycles. The number of nitrogens with zero attached hydrogens (tertiary/aromatic N) is 4. The highest BCUT2D eigenvalue weighted by Crippen LogP contribution is 2.28. The lowest BCUT2D eigenvalue weighted by Gasteiger charge is -2.13. The van der Waals surface area contributed by atoms with Crippen LogP contribution in [0.1, 0.15) is 18.9 Å². The van der Waals surface area contributed by atoms with Gasteiger partial charge in [-0.3, -0.25) is 0 Å². The van der Waals surface area contributed by atoms with Gasteiger partial charge < -0.3 is 10.3 Å². The van der Waals surface area contributed by atoms with E-state index in [2.05, 4.69) is 32.3 Å². The normalized spacial score (nSPS) is 10.7. The number of benzene rings is 1. The number of anilines is 2. The number of nitrogens with one attached hydrogen (secondary N) is 2. The Morgan fingerprint density at radius 2 is 2.26 bits per heavy atom. The highest BCUT2D eigenvalue weighted by molar-refractivity contribution is 7.71. The van der Waals surface area contributed by atoms with Crippen LogP contribution in [0.3, 0.4) is 0 Å². The van der Waals surface area contributed by atoms with Crippen molar-refractivity contribution in [3.05, 3.63) is 52.4 Å². The van der Waals surface area contributed by atoms with Crippen molar-refractivity contribution in [2.45, 2.75) is 19.8 Å². The zero-order valence-electron chi connectivity index (χ0n) is 12.5. The Bertz CT molecular complexity index is 859. The molecule has 0 saturated heterocycles. The Hall–Kier alpha value is -2.25. The number of H-pyrrole nitrogens is 1. The third kappa shape index (κ3) is 3.40. The fourth-order valence-electron chi connectivity index (χ4n) is 2.25. The zero-order chi connectivity index (χ0) is 16.2. The summed E-state index contributed by atoms with van der Waals surface area (Å²) in [5.74, 6) is 0.822. The summed E-state index contributed by atoms with van der Waals surface area (Å²) < 4.78 is 2.25. The number of hydrogen-bond donors (Lipinski definition) is 2. The molecule has 118 valence electrons. The Morgan fingerprint density at radius 3 is 2.96 bits per heavy atom. The van der Waals surface area contributed by atoms with Gasteiger partial charge in [0, 0.05) is 5.56 Å². The molecule has 0 unspecified atom stereocenters. The van der Waals surface area contributed by atoms with Crippen molar-refractivity contribution in [1.82, 2.24) is 24.7 Å². The van der Waals surface area contributed by atoms with Crippen LogP contribution in [-0.4, -0.2) is 24.7 Å². The highest BCUT2D eigenvalue weighted by atomic mass is 35.5. The summed E-state index contributed by atoms with van der Waals surface area (Å²) in [7, 11) is 0. The Kier molecular flexibility index (Phi) is 4.68. The van der Waals surface area contributed by atoms with Crippen molar-refractivity contribution in [2.24, 2.45) is 0 Å². The van der Waals surface area contributed by atoms with E-state index in [4.69, 9.17) is 23.8 Å². The molecule has 6 nitrogen and oxygen atoms in total. The Labute approximate surface area is 143 Å². The predicted molar refractivity (Wildman–Crippen MR) is 93.1 cm³/mol. The monoisotopic (exact) mass is 346 g/mol. The Balaban J connectivity index is 1.92. The van der Waals surface area contributed by atoms with Gasteiger partial charge >= 0.3 is 0 Å². The minimum atomic E-state index is 0.580. The quantitative estimate of drug-likeness (QED) is 0.681. The second-order valence-corrected chi connectivity index (χ2v) is 5.73. The van der Waals surface area contributed by atoms with Gasteiger partial charge in [0.05, 0.1) is 22.7 Å². The lowest BCUT2D eigenvalue weighted by atomic mass is 10.2. The van der Waals surface area contributed by atoms with Crippen LogP contribution < -0.4 is 5.32 Å². The molecule has 0 fully saturated rings. The highest BCUT2D eigenvalue weighted by Gasteiger charge is 2.09. The van der Waals surface area contributed by atoms with Gasteiger partial charge in [0.15, 0.2) is 0 Å². The molecule has 1 aromatic carbocycles. The zero-order valence-corrected chi connectivity index (χ0v) is 14.0. The molecule has 0 radical (unpaired) electrons. The molecule has 2 N–H and O–H groups in total. The van der Waals surface area contributed by atoms with Crippen molar-refractivity contribution >= 4 is 35.3 Å². The van der Waals surface area contributed by atoms with Gasteiger partial charge in [0.25, 0.3) is 0 Å². The summed E-state index contributed by atoms with van der Waals surface area (Å²) >= 11 is 11.7. The van der Waals surface area contributed by atoms with Crippen LogP contribution in [0.2, 0.25) is 5.02 Å². The van der Waals surface area contributed by atoms with Crippen molar-refractivity contribution in [3.63, 3.8) is 0 Å². The van der Waals surface area contributed by atoms with Gasteiger partial charge in [-0.1, -0.05) is 37.2 Å². The fraction of sp³-hybridized carbons (Fsp3) is 0.200. The first-order valence-electron chi connectivity index (χ1n) is 7.17. The van der Waals surface area contributed by atoms with E-state index in [1.165, 1.54) is 6.33 Å². The van der Waals surface area contributed by atoms with E-state index in [1.54, 1.807) is 17.3 Å². The van der Waals surface area contributed by atoms with E-state index in [9.17, 15) is 0 Å². The van der Waals surface area contributed by atoms with Gasteiger partial charge in [-0.05, 0) is 24.6 Å². The van der Waals surface area contributed by atoms with E-state index in [1.807, 2.05) is 18.2 Å². The second kappa shape index (κ2) is 6.89. The largest absolute Gasteiger partial charge is 0.340 e. The van der Waals surface area contributed by atoms with E-state index in [0.717, 1.165) is 35.6 Å². The molecule has 0 atom stereocenters. The first kappa shape index (κ1) is 15.6. The maximum atomic E-state index is 6.39. The van der Waals surface area contributed by atoms with Gasteiger partial charge in [-0.2, -0.15) is 5.10 Å². The summed E-state index contributed by atoms with van der Waals surface area (Å²) in [6.07, 6.45) is 6.52. The molecule has 0 amide bonds. The summed E-state index contributed by atoms with van der Waals surface area (Å²) in [6, 6.07) is 5.64. The standard InChI is InChI=1S/C15H15ClN6S/c1-2-3-11-14(18-8-19-15(11)23)21-13-5-4-10(6-12(13)16)22-9-17-7-20-22/h4-9H,2-3H2,1H3,(H2,18,19,21,23). The number of hydrogen-bond acceptors (Lipinski definition) is 5. The van der Waals surface area contributed by atoms with Crippen LogP contribution >= 0.6 is 23.8 Å². The van der Waals surface area contributed by atoms with Crippen LogP contribution in [0.4, 0.5) is 11.5 Å². The molecule has 23 heavy (non-hydrogen) atoms. The molecule has 0 spiro atoms. The van der Waals surface area contributed by atoms with E-state index in [-0.39, 0.29) is 0 Å². The molecule has 0 aliphatic carbocycles. The molecule has 2 aromatic heterocycles. The first-order valence-corrected chi connectivity index (χ1v) is 7.95. The van der Waals surface area contributed by atoms with Gasteiger partial charge in [0.2, 0.25) is 0 Å². The summed E-state index contributed by atoms with van der Waals surface area (Å²) in [5.41, 5.74) is 2.61.